The van der Waals surface area contributed by atoms with Crippen molar-refractivity contribution < 1.29 is 4.79 Å². The molecule has 0 bridgehead atoms. The van der Waals surface area contributed by atoms with E-state index >= 15 is 0 Å². The van der Waals surface area contributed by atoms with Gasteiger partial charge in [0, 0.05) is 6.42 Å². The molecule has 0 N–H and O–H groups in total. The molecule has 0 aromatic carbocycles. The van der Waals surface area contributed by atoms with E-state index in [1.807, 2.05) is 13.8 Å². The second-order valence-corrected chi connectivity index (χ2v) is 5.95. The van der Waals surface area contributed by atoms with Gasteiger partial charge in [-0.3, -0.25) is 4.79 Å². The maximum Gasteiger partial charge on any atom is 0.155 e. The normalized spacial score (nSPS) is 12.8. The molecule has 0 unspecified atom stereocenters. The SMILES string of the molecule is C=C(C)CCC(=O)/C=C(\C)CC/C=C(/C)I. The Bertz CT molecular complexity index is 307. The van der Waals surface area contributed by atoms with E-state index in [1.165, 1.54) is 9.15 Å². The highest BCUT2D eigenvalue weighted by Gasteiger charge is 1.99. The molecular weight excluding hydrogens is 311 g/mol. The molecule has 0 fully saturated rings. The quantitative estimate of drug-likeness (QED) is 0.365. The van der Waals surface area contributed by atoms with Gasteiger partial charge in [-0.25, -0.2) is 0 Å². The highest BCUT2D eigenvalue weighted by molar-refractivity contribution is 14.1. The average molecular weight is 332 g/mol. The predicted octanol–water partition coefficient (Wildman–Crippen LogP) is 4.98. The van der Waals surface area contributed by atoms with Crippen LogP contribution in [0, 0.1) is 0 Å². The molecule has 0 spiro atoms. The molecule has 0 aliphatic rings. The number of hydrogen-bond acceptors (Lipinski definition) is 1. The van der Waals surface area contributed by atoms with Crippen molar-refractivity contribution in [3.63, 3.8) is 0 Å². The van der Waals surface area contributed by atoms with E-state index in [9.17, 15) is 4.79 Å². The summed E-state index contributed by atoms with van der Waals surface area (Å²) in [6.45, 7) is 9.85. The average Bonchev–Trinajstić information content (AvgIpc) is 2.14. The number of allylic oxidation sites excluding steroid dienone is 5. The maximum absolute atomic E-state index is 11.5. The van der Waals surface area contributed by atoms with Crippen LogP contribution in [-0.4, -0.2) is 5.78 Å². The molecule has 0 saturated carbocycles. The molecule has 0 aliphatic carbocycles. The minimum atomic E-state index is 0.218. The lowest BCUT2D eigenvalue weighted by Gasteiger charge is -1.99. The second kappa shape index (κ2) is 8.74. The van der Waals surface area contributed by atoms with Gasteiger partial charge in [-0.2, -0.15) is 0 Å². The summed E-state index contributed by atoms with van der Waals surface area (Å²) in [5.41, 5.74) is 2.24. The van der Waals surface area contributed by atoms with Crippen LogP contribution in [0.15, 0.2) is 33.5 Å². The Hall–Kier alpha value is -0.380. The molecule has 0 rings (SSSR count). The zero-order valence-electron chi connectivity index (χ0n) is 10.5. The zero-order chi connectivity index (χ0) is 12.6. The Balaban J connectivity index is 3.97. The summed E-state index contributed by atoms with van der Waals surface area (Å²) in [6.07, 6.45) is 7.35. The van der Waals surface area contributed by atoms with E-state index in [4.69, 9.17) is 0 Å². The third-order valence-corrected chi connectivity index (χ3v) is 2.61. The molecule has 0 amide bonds. The predicted molar refractivity (Wildman–Crippen MR) is 79.8 cm³/mol. The standard InChI is InChI=1S/C14H21IO/c1-11(2)8-9-14(16)10-12(3)6-5-7-13(4)15/h7,10H,1,5-6,8-9H2,2-4H3/b12-10+,13-7-. The molecule has 0 radical (unpaired) electrons. The summed E-state index contributed by atoms with van der Waals surface area (Å²) < 4.78 is 1.30. The first-order chi connectivity index (χ1) is 7.41. The fraction of sp³-hybridized carbons (Fsp3) is 0.500. The smallest absolute Gasteiger partial charge is 0.155 e. The Morgan fingerprint density at radius 2 is 1.81 bits per heavy atom. The van der Waals surface area contributed by atoms with Crippen molar-refractivity contribution in [3.8, 4) is 0 Å². The first-order valence-corrected chi connectivity index (χ1v) is 6.66. The van der Waals surface area contributed by atoms with Crippen LogP contribution in [0.1, 0.15) is 46.5 Å². The van der Waals surface area contributed by atoms with Crippen LogP contribution in [0.3, 0.4) is 0 Å². The van der Waals surface area contributed by atoms with E-state index in [2.05, 4.69) is 42.2 Å². The van der Waals surface area contributed by atoms with Crippen molar-refractivity contribution in [2.24, 2.45) is 0 Å². The van der Waals surface area contributed by atoms with Gasteiger partial charge in [0.15, 0.2) is 5.78 Å². The monoisotopic (exact) mass is 332 g/mol. The minimum Gasteiger partial charge on any atom is -0.295 e. The molecule has 0 saturated heterocycles. The Kier molecular flexibility index (Phi) is 8.53. The molecule has 0 aromatic heterocycles. The van der Waals surface area contributed by atoms with Gasteiger partial charge in [-0.05, 0) is 72.3 Å². The van der Waals surface area contributed by atoms with Crippen LogP contribution >= 0.6 is 22.6 Å². The molecule has 0 atom stereocenters. The largest absolute Gasteiger partial charge is 0.295 e. The van der Waals surface area contributed by atoms with Gasteiger partial charge in [0.05, 0.1) is 0 Å². The molecule has 16 heavy (non-hydrogen) atoms. The first kappa shape index (κ1) is 15.6. The van der Waals surface area contributed by atoms with Crippen LogP contribution in [0.5, 0.6) is 0 Å². The molecule has 1 nitrogen and oxygen atoms in total. The molecular formula is C14H21IO. The molecule has 0 aliphatic heterocycles. The number of halogens is 1. The van der Waals surface area contributed by atoms with Gasteiger partial charge in [0.2, 0.25) is 0 Å². The highest BCUT2D eigenvalue weighted by atomic mass is 127. The van der Waals surface area contributed by atoms with Gasteiger partial charge in [0.1, 0.15) is 0 Å². The van der Waals surface area contributed by atoms with Crippen molar-refractivity contribution in [2.75, 3.05) is 0 Å². The Labute approximate surface area is 113 Å². The topological polar surface area (TPSA) is 17.1 Å². The van der Waals surface area contributed by atoms with E-state index in [1.54, 1.807) is 6.08 Å². The lowest BCUT2D eigenvalue weighted by molar-refractivity contribution is -0.114. The molecule has 2 heteroatoms. The maximum atomic E-state index is 11.5. The number of carbonyl (C=O) groups is 1. The molecule has 90 valence electrons. The van der Waals surface area contributed by atoms with Crippen molar-refractivity contribution in [1.29, 1.82) is 0 Å². The Morgan fingerprint density at radius 1 is 1.19 bits per heavy atom. The second-order valence-electron chi connectivity index (χ2n) is 4.24. The van der Waals surface area contributed by atoms with Gasteiger partial charge < -0.3 is 0 Å². The molecule has 0 aromatic rings. The summed E-state index contributed by atoms with van der Waals surface area (Å²) in [4.78, 5) is 11.5. The van der Waals surface area contributed by atoms with Gasteiger partial charge in [-0.1, -0.05) is 17.2 Å². The summed E-state index contributed by atoms with van der Waals surface area (Å²) in [6, 6.07) is 0. The molecule has 0 heterocycles. The summed E-state index contributed by atoms with van der Waals surface area (Å²) in [7, 11) is 0. The fourth-order valence-corrected chi connectivity index (χ4v) is 1.57. The summed E-state index contributed by atoms with van der Waals surface area (Å²) in [5.74, 6) is 0.218. The number of ketones is 1. The van der Waals surface area contributed by atoms with E-state index < -0.39 is 0 Å². The van der Waals surface area contributed by atoms with Crippen LogP contribution in [0.4, 0.5) is 0 Å². The van der Waals surface area contributed by atoms with Crippen LogP contribution < -0.4 is 0 Å². The number of carbonyl (C=O) groups excluding carboxylic acids is 1. The highest BCUT2D eigenvalue weighted by Crippen LogP contribution is 2.11. The van der Waals surface area contributed by atoms with Gasteiger partial charge >= 0.3 is 0 Å². The zero-order valence-corrected chi connectivity index (χ0v) is 12.6. The van der Waals surface area contributed by atoms with Crippen LogP contribution in [0.25, 0.3) is 0 Å². The van der Waals surface area contributed by atoms with Crippen molar-refractivity contribution in [2.45, 2.75) is 46.5 Å². The number of rotatable bonds is 7. The summed E-state index contributed by atoms with van der Waals surface area (Å²) in [5, 5.41) is 0. The number of hydrogen-bond donors (Lipinski definition) is 0. The van der Waals surface area contributed by atoms with Crippen molar-refractivity contribution in [1.82, 2.24) is 0 Å². The third kappa shape index (κ3) is 10.1. The van der Waals surface area contributed by atoms with Crippen molar-refractivity contribution in [3.05, 3.63) is 33.5 Å². The first-order valence-electron chi connectivity index (χ1n) is 5.58. The van der Waals surface area contributed by atoms with E-state index in [0.717, 1.165) is 24.8 Å². The minimum absolute atomic E-state index is 0.218. The van der Waals surface area contributed by atoms with Crippen LogP contribution in [-0.2, 0) is 4.79 Å². The van der Waals surface area contributed by atoms with Gasteiger partial charge in [0.25, 0.3) is 0 Å². The van der Waals surface area contributed by atoms with Gasteiger partial charge in [-0.15, -0.1) is 6.58 Å². The van der Waals surface area contributed by atoms with E-state index in [0.29, 0.717) is 6.42 Å². The summed E-state index contributed by atoms with van der Waals surface area (Å²) >= 11 is 2.30. The lowest BCUT2D eigenvalue weighted by atomic mass is 10.1. The third-order valence-electron chi connectivity index (χ3n) is 2.17. The van der Waals surface area contributed by atoms with Crippen molar-refractivity contribution >= 4 is 28.4 Å². The van der Waals surface area contributed by atoms with E-state index in [-0.39, 0.29) is 5.78 Å². The lowest BCUT2D eigenvalue weighted by Crippen LogP contribution is -1.94. The fourth-order valence-electron chi connectivity index (χ4n) is 1.25. The van der Waals surface area contributed by atoms with Crippen LogP contribution in [0.2, 0.25) is 0 Å². The Morgan fingerprint density at radius 3 is 2.31 bits per heavy atom.